The van der Waals surface area contributed by atoms with Crippen LogP contribution in [0.4, 0.5) is 10.1 Å². The van der Waals surface area contributed by atoms with Gasteiger partial charge in [0.05, 0.1) is 12.3 Å². The van der Waals surface area contributed by atoms with E-state index in [4.69, 9.17) is 10.5 Å². The second-order valence-electron chi connectivity index (χ2n) is 3.96. The second kappa shape index (κ2) is 7.66. The average Bonchev–Trinajstić information content (AvgIpc) is 2.36. The minimum Gasteiger partial charge on any atom is -0.396 e. The number of hydrogen-bond acceptors (Lipinski definition) is 3. The highest BCUT2D eigenvalue weighted by molar-refractivity contribution is 5.94. The number of anilines is 1. The number of rotatable bonds is 7. The Hall–Kier alpha value is -1.62. The Morgan fingerprint density at radius 1 is 1.44 bits per heavy atom. The highest BCUT2D eigenvalue weighted by Gasteiger charge is 2.07. The van der Waals surface area contributed by atoms with Crippen LogP contribution in [0.25, 0.3) is 0 Å². The van der Waals surface area contributed by atoms with Crippen LogP contribution in [0.3, 0.4) is 0 Å². The van der Waals surface area contributed by atoms with Crippen molar-refractivity contribution in [1.29, 1.82) is 0 Å². The maximum Gasteiger partial charge on any atom is 0.251 e. The van der Waals surface area contributed by atoms with E-state index in [1.54, 1.807) is 0 Å². The van der Waals surface area contributed by atoms with Gasteiger partial charge in [0.2, 0.25) is 0 Å². The van der Waals surface area contributed by atoms with E-state index in [0.717, 1.165) is 18.9 Å². The van der Waals surface area contributed by atoms with E-state index >= 15 is 0 Å². The molecule has 4 nitrogen and oxygen atoms in total. The van der Waals surface area contributed by atoms with Crippen molar-refractivity contribution in [3.05, 3.63) is 29.6 Å². The first-order valence-electron chi connectivity index (χ1n) is 6.06. The van der Waals surface area contributed by atoms with Gasteiger partial charge in [-0.3, -0.25) is 4.79 Å². The molecule has 0 fully saturated rings. The topological polar surface area (TPSA) is 64.3 Å². The maximum absolute atomic E-state index is 13.1. The van der Waals surface area contributed by atoms with E-state index in [1.165, 1.54) is 12.1 Å². The van der Waals surface area contributed by atoms with Crippen LogP contribution in [0.15, 0.2) is 18.2 Å². The van der Waals surface area contributed by atoms with Gasteiger partial charge in [0.1, 0.15) is 5.82 Å². The van der Waals surface area contributed by atoms with Gasteiger partial charge < -0.3 is 15.8 Å². The first-order chi connectivity index (χ1) is 8.65. The molecule has 0 aliphatic heterocycles. The molecule has 0 aliphatic carbocycles. The summed E-state index contributed by atoms with van der Waals surface area (Å²) in [6.45, 7) is 3.65. The highest BCUT2D eigenvalue weighted by atomic mass is 19.1. The molecule has 0 saturated heterocycles. The minimum absolute atomic E-state index is 0.0365. The van der Waals surface area contributed by atoms with E-state index in [1.807, 2.05) is 0 Å². The lowest BCUT2D eigenvalue weighted by atomic mass is 10.2. The molecule has 0 aliphatic rings. The zero-order valence-electron chi connectivity index (χ0n) is 10.5. The summed E-state index contributed by atoms with van der Waals surface area (Å²) in [5, 5.41) is 2.65. The number of halogens is 1. The number of ether oxygens (including phenoxy) is 1. The summed E-state index contributed by atoms with van der Waals surface area (Å²) in [4.78, 5) is 11.6. The van der Waals surface area contributed by atoms with Crippen LogP contribution in [-0.4, -0.2) is 25.7 Å². The fraction of sp³-hybridized carbons (Fsp3) is 0.462. The number of hydrogen-bond donors (Lipinski definition) is 2. The van der Waals surface area contributed by atoms with Crippen molar-refractivity contribution in [3.63, 3.8) is 0 Å². The summed E-state index contributed by atoms with van der Waals surface area (Å²) in [6.07, 6.45) is 2.09. The lowest BCUT2D eigenvalue weighted by Crippen LogP contribution is -2.27. The van der Waals surface area contributed by atoms with Gasteiger partial charge in [-0.2, -0.15) is 0 Å². The van der Waals surface area contributed by atoms with Crippen molar-refractivity contribution in [3.8, 4) is 0 Å². The maximum atomic E-state index is 13.1. The van der Waals surface area contributed by atoms with Gasteiger partial charge in [0.25, 0.3) is 5.91 Å². The van der Waals surface area contributed by atoms with E-state index in [0.29, 0.717) is 19.8 Å². The van der Waals surface area contributed by atoms with Gasteiger partial charge in [-0.25, -0.2) is 4.39 Å². The molecular formula is C13H19FN2O2. The third kappa shape index (κ3) is 4.71. The molecule has 1 aromatic carbocycles. The van der Waals surface area contributed by atoms with E-state index in [-0.39, 0.29) is 17.2 Å². The van der Waals surface area contributed by atoms with Crippen LogP contribution in [0.1, 0.15) is 30.1 Å². The van der Waals surface area contributed by atoms with Crippen molar-refractivity contribution in [2.75, 3.05) is 25.5 Å². The van der Waals surface area contributed by atoms with Crippen LogP contribution in [0.2, 0.25) is 0 Å². The Labute approximate surface area is 106 Å². The molecule has 18 heavy (non-hydrogen) atoms. The van der Waals surface area contributed by atoms with E-state index in [2.05, 4.69) is 12.2 Å². The number of carbonyl (C=O) groups is 1. The van der Waals surface area contributed by atoms with Gasteiger partial charge in [-0.15, -0.1) is 0 Å². The first kappa shape index (κ1) is 14.4. The van der Waals surface area contributed by atoms with Crippen LogP contribution in [0.5, 0.6) is 0 Å². The summed E-state index contributed by atoms with van der Waals surface area (Å²) >= 11 is 0. The number of benzene rings is 1. The van der Waals surface area contributed by atoms with E-state index in [9.17, 15) is 9.18 Å². The second-order valence-corrected chi connectivity index (χ2v) is 3.96. The summed E-state index contributed by atoms with van der Waals surface area (Å²) in [6, 6.07) is 4.00. The van der Waals surface area contributed by atoms with Crippen molar-refractivity contribution in [2.45, 2.75) is 19.8 Å². The zero-order valence-corrected chi connectivity index (χ0v) is 10.5. The molecular weight excluding hydrogens is 235 g/mol. The Balaban J connectivity index is 2.30. The lowest BCUT2D eigenvalue weighted by molar-refractivity contribution is 0.0912. The Bertz CT molecular complexity index is 397. The van der Waals surface area contributed by atoms with Crippen molar-refractivity contribution >= 4 is 11.6 Å². The molecule has 100 valence electrons. The van der Waals surface area contributed by atoms with Crippen molar-refractivity contribution in [2.24, 2.45) is 0 Å². The standard InChI is InChI=1S/C13H19FN2O2/c1-2-3-7-18-8-6-16-13(17)10-4-5-12(15)11(14)9-10/h4-5,9H,2-3,6-8,15H2,1H3,(H,16,17). The van der Waals surface area contributed by atoms with Gasteiger partial charge in [0.15, 0.2) is 0 Å². The molecule has 0 radical (unpaired) electrons. The Morgan fingerprint density at radius 3 is 2.89 bits per heavy atom. The third-order valence-electron chi connectivity index (χ3n) is 2.44. The van der Waals surface area contributed by atoms with Gasteiger partial charge in [0, 0.05) is 18.7 Å². The largest absolute Gasteiger partial charge is 0.396 e. The molecule has 5 heteroatoms. The van der Waals surface area contributed by atoms with Crippen LogP contribution in [-0.2, 0) is 4.74 Å². The molecule has 0 heterocycles. The number of nitrogens with one attached hydrogen (secondary N) is 1. The quantitative estimate of drug-likeness (QED) is 0.577. The number of nitrogens with two attached hydrogens (primary N) is 1. The zero-order chi connectivity index (χ0) is 13.4. The SMILES string of the molecule is CCCCOCCNC(=O)c1ccc(N)c(F)c1. The monoisotopic (exact) mass is 254 g/mol. The van der Waals surface area contributed by atoms with Crippen LogP contribution >= 0.6 is 0 Å². The summed E-state index contributed by atoms with van der Waals surface area (Å²) < 4.78 is 18.4. The van der Waals surface area contributed by atoms with Crippen LogP contribution < -0.4 is 11.1 Å². The highest BCUT2D eigenvalue weighted by Crippen LogP contribution is 2.11. The molecule has 0 spiro atoms. The summed E-state index contributed by atoms with van der Waals surface area (Å²) in [5.41, 5.74) is 5.63. The van der Waals surface area contributed by atoms with Gasteiger partial charge in [-0.05, 0) is 24.6 Å². The third-order valence-corrected chi connectivity index (χ3v) is 2.44. The van der Waals surface area contributed by atoms with Crippen molar-refractivity contribution in [1.82, 2.24) is 5.32 Å². The molecule has 0 saturated carbocycles. The summed E-state index contributed by atoms with van der Waals surface area (Å²) in [7, 11) is 0. The lowest BCUT2D eigenvalue weighted by Gasteiger charge is -2.06. The molecule has 0 atom stereocenters. The van der Waals surface area contributed by atoms with Crippen LogP contribution in [0, 0.1) is 5.82 Å². The normalized spacial score (nSPS) is 10.3. The summed E-state index contributed by atoms with van der Waals surface area (Å²) in [5.74, 6) is -0.908. The Morgan fingerprint density at radius 2 is 2.22 bits per heavy atom. The van der Waals surface area contributed by atoms with Gasteiger partial charge >= 0.3 is 0 Å². The molecule has 0 unspecified atom stereocenters. The number of nitrogen functional groups attached to an aromatic ring is 1. The first-order valence-corrected chi connectivity index (χ1v) is 6.06. The van der Waals surface area contributed by atoms with Gasteiger partial charge in [-0.1, -0.05) is 13.3 Å². The minimum atomic E-state index is -0.582. The number of amides is 1. The Kier molecular flexibility index (Phi) is 6.14. The van der Waals surface area contributed by atoms with Crippen molar-refractivity contribution < 1.29 is 13.9 Å². The molecule has 1 amide bonds. The fourth-order valence-corrected chi connectivity index (χ4v) is 1.36. The molecule has 3 N–H and O–H groups in total. The van der Waals surface area contributed by atoms with E-state index < -0.39 is 5.82 Å². The predicted molar refractivity (Wildman–Crippen MR) is 68.9 cm³/mol. The smallest absolute Gasteiger partial charge is 0.251 e. The number of unbranched alkanes of at least 4 members (excludes halogenated alkanes) is 1. The predicted octanol–water partition coefficient (Wildman–Crippen LogP) is 1.95. The molecule has 0 aromatic heterocycles. The molecule has 1 aromatic rings. The number of carbonyl (C=O) groups excluding carboxylic acids is 1. The molecule has 0 bridgehead atoms. The fourth-order valence-electron chi connectivity index (χ4n) is 1.36. The average molecular weight is 254 g/mol. The molecule has 1 rings (SSSR count).